The van der Waals surface area contributed by atoms with Crippen molar-refractivity contribution in [3.8, 4) is 0 Å². The molecule has 1 aromatic heterocycles. The number of sulfone groups is 1. The lowest BCUT2D eigenvalue weighted by atomic mass is 10.0. The Hall–Kier alpha value is -3.07. The van der Waals surface area contributed by atoms with Crippen molar-refractivity contribution in [2.45, 2.75) is 63.5 Å². The van der Waals surface area contributed by atoms with Crippen LogP contribution in [0.4, 0.5) is 18.0 Å². The highest BCUT2D eigenvalue weighted by Crippen LogP contribution is 2.39. The van der Waals surface area contributed by atoms with E-state index in [1.54, 1.807) is 25.7 Å². The molecule has 1 aliphatic rings. The molecule has 2 heterocycles. The standard InChI is InChI=1S/C27H29Cl2F3N4O6S/c1-5-43(40,41)20-7-6-15(28)8-14(20)10-36-23(37)17-9-19(27(30,31)32)18(21(29)22(17)34-24(36)38)13-35-11-16(12-35)33-25(39)42-26(2,3)4/h6-9,16H,5,10-13H2,1-4H3,(H,33,39)(H,34,38). The molecule has 0 radical (unpaired) electrons. The van der Waals surface area contributed by atoms with E-state index in [0.29, 0.717) is 10.6 Å². The van der Waals surface area contributed by atoms with E-state index in [1.807, 2.05) is 0 Å². The van der Waals surface area contributed by atoms with Crippen molar-refractivity contribution in [2.75, 3.05) is 18.8 Å². The molecule has 2 aromatic carbocycles. The maximum absolute atomic E-state index is 14.2. The molecule has 43 heavy (non-hydrogen) atoms. The summed E-state index contributed by atoms with van der Waals surface area (Å²) in [6.45, 7) is 6.09. The first-order valence-electron chi connectivity index (χ1n) is 13.1. The first-order valence-corrected chi connectivity index (χ1v) is 15.5. The molecule has 0 spiro atoms. The number of fused-ring (bicyclic) bond motifs is 1. The topological polar surface area (TPSA) is 131 Å². The summed E-state index contributed by atoms with van der Waals surface area (Å²) >= 11 is 12.5. The Balaban J connectivity index is 1.71. The highest BCUT2D eigenvalue weighted by atomic mass is 35.5. The van der Waals surface area contributed by atoms with Crippen molar-refractivity contribution in [1.29, 1.82) is 0 Å². The van der Waals surface area contributed by atoms with Gasteiger partial charge in [-0.1, -0.05) is 30.1 Å². The predicted octanol–water partition coefficient (Wildman–Crippen LogP) is 4.57. The summed E-state index contributed by atoms with van der Waals surface area (Å²) in [5.41, 5.74) is -4.59. The van der Waals surface area contributed by atoms with Gasteiger partial charge in [0, 0.05) is 24.7 Å². The number of H-pyrrole nitrogens is 1. The number of likely N-dealkylation sites (tertiary alicyclic amines) is 1. The molecule has 1 aliphatic heterocycles. The third-order valence-electron chi connectivity index (χ3n) is 6.75. The van der Waals surface area contributed by atoms with E-state index in [9.17, 15) is 36.0 Å². The minimum absolute atomic E-state index is 0.0207. The van der Waals surface area contributed by atoms with E-state index in [-0.39, 0.29) is 58.0 Å². The number of nitrogens with one attached hydrogen (secondary N) is 2. The third kappa shape index (κ3) is 7.19. The lowest BCUT2D eigenvalue weighted by Crippen LogP contribution is -2.59. The van der Waals surface area contributed by atoms with Crippen LogP contribution in [0.3, 0.4) is 0 Å². The van der Waals surface area contributed by atoms with Crippen LogP contribution in [-0.2, 0) is 33.8 Å². The van der Waals surface area contributed by atoms with Gasteiger partial charge in [-0.05, 0) is 56.2 Å². The fraction of sp³-hybridized carbons (Fsp3) is 0.444. The quantitative estimate of drug-likeness (QED) is 0.379. The Bertz CT molecular complexity index is 1810. The van der Waals surface area contributed by atoms with Gasteiger partial charge < -0.3 is 15.0 Å². The molecule has 1 saturated heterocycles. The molecule has 0 bridgehead atoms. The van der Waals surface area contributed by atoms with Crippen molar-refractivity contribution in [1.82, 2.24) is 19.8 Å². The maximum Gasteiger partial charge on any atom is 0.416 e. The number of hydrogen-bond donors (Lipinski definition) is 2. The molecule has 3 aromatic rings. The first-order chi connectivity index (χ1) is 19.8. The number of rotatable bonds is 7. The molecular weight excluding hydrogens is 636 g/mol. The van der Waals surface area contributed by atoms with Gasteiger partial charge in [0.05, 0.1) is 44.7 Å². The molecule has 0 saturated carbocycles. The number of benzene rings is 2. The van der Waals surface area contributed by atoms with Crippen molar-refractivity contribution < 1.29 is 31.1 Å². The molecule has 0 aliphatic carbocycles. The maximum atomic E-state index is 14.2. The average molecular weight is 666 g/mol. The normalized spacial score (nSPS) is 15.0. The summed E-state index contributed by atoms with van der Waals surface area (Å²) in [4.78, 5) is 42.3. The van der Waals surface area contributed by atoms with Gasteiger partial charge >= 0.3 is 18.0 Å². The highest BCUT2D eigenvalue weighted by Gasteiger charge is 2.38. The fourth-order valence-electron chi connectivity index (χ4n) is 4.73. The smallest absolute Gasteiger partial charge is 0.416 e. The Morgan fingerprint density at radius 3 is 2.35 bits per heavy atom. The van der Waals surface area contributed by atoms with Gasteiger partial charge in [0.2, 0.25) is 0 Å². The van der Waals surface area contributed by atoms with E-state index in [0.717, 1.165) is 0 Å². The summed E-state index contributed by atoms with van der Waals surface area (Å²) in [7, 11) is -3.79. The van der Waals surface area contributed by atoms with Gasteiger partial charge in [-0.15, -0.1) is 0 Å². The number of aromatic nitrogens is 2. The summed E-state index contributed by atoms with van der Waals surface area (Å²) < 4.78 is 73.7. The molecular formula is C27H29Cl2F3N4O6S. The first kappa shape index (κ1) is 32.8. The summed E-state index contributed by atoms with van der Waals surface area (Å²) in [6, 6.07) is 4.12. The molecule has 10 nitrogen and oxygen atoms in total. The van der Waals surface area contributed by atoms with E-state index in [1.165, 1.54) is 25.1 Å². The van der Waals surface area contributed by atoms with Gasteiger partial charge in [-0.25, -0.2) is 18.0 Å². The van der Waals surface area contributed by atoms with Crippen molar-refractivity contribution in [3.63, 3.8) is 0 Å². The highest BCUT2D eigenvalue weighted by molar-refractivity contribution is 7.91. The van der Waals surface area contributed by atoms with Crippen LogP contribution in [0.25, 0.3) is 10.9 Å². The second kappa shape index (κ2) is 11.8. The lowest BCUT2D eigenvalue weighted by molar-refractivity contribution is -0.138. The summed E-state index contributed by atoms with van der Waals surface area (Å²) in [5, 5.41) is 1.82. The van der Waals surface area contributed by atoms with Crippen molar-refractivity contribution >= 4 is 50.0 Å². The van der Waals surface area contributed by atoms with Gasteiger partial charge in [0.1, 0.15) is 5.60 Å². The number of halogens is 5. The van der Waals surface area contributed by atoms with E-state index in [4.69, 9.17) is 27.9 Å². The zero-order valence-electron chi connectivity index (χ0n) is 23.6. The van der Waals surface area contributed by atoms with Gasteiger partial charge in [0.15, 0.2) is 9.84 Å². The Morgan fingerprint density at radius 1 is 1.12 bits per heavy atom. The zero-order valence-corrected chi connectivity index (χ0v) is 25.9. The van der Waals surface area contributed by atoms with Crippen LogP contribution in [0.1, 0.15) is 44.4 Å². The summed E-state index contributed by atoms with van der Waals surface area (Å²) in [6.07, 6.45) is -5.56. The zero-order chi connectivity index (χ0) is 32.1. The third-order valence-corrected chi connectivity index (χ3v) is 9.23. The second-order valence-electron chi connectivity index (χ2n) is 11.2. The lowest BCUT2D eigenvalue weighted by Gasteiger charge is -2.40. The van der Waals surface area contributed by atoms with Gasteiger partial charge in [-0.2, -0.15) is 13.2 Å². The number of amides is 1. The van der Waals surface area contributed by atoms with Gasteiger partial charge in [-0.3, -0.25) is 14.3 Å². The van der Waals surface area contributed by atoms with Crippen LogP contribution in [0.2, 0.25) is 10.0 Å². The molecule has 4 rings (SSSR count). The number of ether oxygens (including phenoxy) is 1. The fourth-order valence-corrected chi connectivity index (χ4v) is 6.35. The molecule has 16 heteroatoms. The Morgan fingerprint density at radius 2 is 1.77 bits per heavy atom. The number of aromatic amines is 1. The van der Waals surface area contributed by atoms with Crippen molar-refractivity contribution in [3.05, 3.63) is 71.8 Å². The molecule has 0 atom stereocenters. The number of alkyl halides is 3. The molecule has 2 N–H and O–H groups in total. The molecule has 1 fully saturated rings. The van der Waals surface area contributed by atoms with E-state index < -0.39 is 61.5 Å². The monoisotopic (exact) mass is 664 g/mol. The van der Waals surface area contributed by atoms with E-state index >= 15 is 0 Å². The van der Waals surface area contributed by atoms with Crippen LogP contribution >= 0.6 is 23.2 Å². The summed E-state index contributed by atoms with van der Waals surface area (Å²) in [5.74, 6) is -0.271. The largest absolute Gasteiger partial charge is 0.444 e. The Kier molecular flexibility index (Phi) is 9.00. The second-order valence-corrected chi connectivity index (χ2v) is 14.2. The minimum Gasteiger partial charge on any atom is -0.444 e. The van der Waals surface area contributed by atoms with Crippen LogP contribution in [0, 0.1) is 0 Å². The number of carbonyl (C=O) groups excluding carboxylic acids is 1. The van der Waals surface area contributed by atoms with E-state index in [2.05, 4.69) is 10.3 Å². The van der Waals surface area contributed by atoms with Crippen LogP contribution in [0.15, 0.2) is 38.8 Å². The van der Waals surface area contributed by atoms with Crippen LogP contribution in [0.5, 0.6) is 0 Å². The van der Waals surface area contributed by atoms with Gasteiger partial charge in [0.25, 0.3) is 5.56 Å². The predicted molar refractivity (Wildman–Crippen MR) is 156 cm³/mol. The van der Waals surface area contributed by atoms with Crippen LogP contribution in [-0.4, -0.2) is 59.4 Å². The number of hydrogen-bond acceptors (Lipinski definition) is 7. The average Bonchev–Trinajstić information content (AvgIpc) is 2.85. The number of carbonyl (C=O) groups is 1. The Labute approximate surface area is 254 Å². The number of nitrogens with zero attached hydrogens (tertiary/aromatic N) is 2. The molecule has 0 unspecified atom stereocenters. The minimum atomic E-state index is -4.91. The SMILES string of the molecule is CCS(=O)(=O)c1ccc(Cl)cc1Cn1c(=O)[nH]c2c(Cl)c(CN3CC(NC(=O)OC(C)(C)C)C3)c(C(F)(F)F)cc2c1=O. The van der Waals surface area contributed by atoms with Crippen LogP contribution < -0.4 is 16.6 Å². The molecule has 1 amide bonds. The number of alkyl carbamates (subject to hydrolysis) is 1. The van der Waals surface area contributed by atoms with Crippen molar-refractivity contribution in [2.24, 2.45) is 0 Å². The molecule has 234 valence electrons.